The van der Waals surface area contributed by atoms with Gasteiger partial charge in [0, 0.05) is 23.0 Å². The largest absolute Gasteiger partial charge is 0.458 e. The number of pyridine rings is 1. The van der Waals surface area contributed by atoms with E-state index in [0.29, 0.717) is 5.75 Å². The van der Waals surface area contributed by atoms with Crippen molar-refractivity contribution in [2.24, 2.45) is 0 Å². The SMILES string of the molecule is CC(C)(C)c1ccnc(-n2c3ccccc3c3ccc(Oc4cccc(-n5[c-][n+](-c6c(-c7cc(-c8ccccc8)cc(-c8ccccc8)c7)cccc6-c6cc(-c7ccccc7)cc(-c7ccccc7)c6)c6ccccc65)c4)cc32)c1. The Hall–Kier alpha value is -10.4. The number of fused-ring (bicyclic) bond motifs is 4. The van der Waals surface area contributed by atoms with Crippen LogP contribution in [0.1, 0.15) is 26.3 Å². The Bertz CT molecular complexity index is 4370. The van der Waals surface area contributed by atoms with Crippen molar-refractivity contribution in [2.75, 3.05) is 0 Å². The summed E-state index contributed by atoms with van der Waals surface area (Å²) in [7, 11) is 0. The van der Waals surface area contributed by atoms with Crippen molar-refractivity contribution >= 4 is 32.8 Å². The normalized spacial score (nSPS) is 11.6. The number of hydrogen-bond donors (Lipinski definition) is 0. The van der Waals surface area contributed by atoms with Crippen molar-refractivity contribution in [1.29, 1.82) is 0 Å². The Balaban J connectivity index is 0.951. The van der Waals surface area contributed by atoms with Crippen molar-refractivity contribution in [2.45, 2.75) is 26.2 Å². The smallest absolute Gasteiger partial charge is 0.269 e. The van der Waals surface area contributed by atoms with Gasteiger partial charge in [-0.05, 0) is 163 Å². The summed E-state index contributed by atoms with van der Waals surface area (Å²) in [4.78, 5) is 4.93. The van der Waals surface area contributed by atoms with Crippen LogP contribution in [0.2, 0.25) is 0 Å². The molecule has 11 aromatic carbocycles. The van der Waals surface area contributed by atoms with Crippen LogP contribution in [0.25, 0.3) is 117 Å². The molecule has 0 fully saturated rings. The second-order valence-electron chi connectivity index (χ2n) is 21.8. The fourth-order valence-electron chi connectivity index (χ4n) is 11.5. The van der Waals surface area contributed by atoms with Gasteiger partial charge in [-0.3, -0.25) is 13.7 Å². The summed E-state index contributed by atoms with van der Waals surface area (Å²) >= 11 is 0. The molecule has 14 rings (SSSR count). The van der Waals surface area contributed by atoms with Crippen LogP contribution in [0.3, 0.4) is 0 Å². The molecule has 81 heavy (non-hydrogen) atoms. The van der Waals surface area contributed by atoms with Gasteiger partial charge in [0.25, 0.3) is 6.33 Å². The first-order valence-electron chi connectivity index (χ1n) is 27.7. The lowest BCUT2D eigenvalue weighted by molar-refractivity contribution is -0.571. The van der Waals surface area contributed by atoms with Gasteiger partial charge in [0.2, 0.25) is 0 Å². The van der Waals surface area contributed by atoms with Crippen LogP contribution in [0, 0.1) is 6.33 Å². The molecule has 386 valence electrons. The van der Waals surface area contributed by atoms with Gasteiger partial charge in [-0.1, -0.05) is 209 Å². The standard InChI is InChI=1S/C76H56N4O/c1-76(2,3)62-40-41-77-74(48-62)80-70-35-17-16-32-68(70)69-39-38-65(50-73(69)80)81-64-31-20-30-63(49-64)78-51-79(72-37-19-18-36-71(72)78)75-66(60-44-56(52-22-8-4-9-23-52)42-57(45-60)53-24-10-5-11-25-53)33-21-34-67(75)61-46-58(54-26-12-6-13-27-54)43-59(47-61)55-28-14-7-15-29-55/h4-50H,1-3H3. The number of imidazole rings is 1. The molecule has 14 aromatic rings. The topological polar surface area (TPSA) is 35.9 Å². The van der Waals surface area contributed by atoms with E-state index in [1.807, 2.05) is 12.3 Å². The summed E-state index contributed by atoms with van der Waals surface area (Å²) in [5.41, 5.74) is 20.7. The number of aromatic nitrogens is 4. The molecule has 0 radical (unpaired) electrons. The number of hydrogen-bond acceptors (Lipinski definition) is 2. The average Bonchev–Trinajstić information content (AvgIpc) is 4.31. The second kappa shape index (κ2) is 20.5. The van der Waals surface area contributed by atoms with E-state index in [1.54, 1.807) is 0 Å². The van der Waals surface area contributed by atoms with E-state index < -0.39 is 0 Å². The number of ether oxygens (including phenoxy) is 1. The lowest BCUT2D eigenvalue weighted by atomic mass is 9.88. The van der Waals surface area contributed by atoms with E-state index in [9.17, 15) is 0 Å². The summed E-state index contributed by atoms with van der Waals surface area (Å²) < 4.78 is 13.6. The first-order valence-corrected chi connectivity index (χ1v) is 27.7. The summed E-state index contributed by atoms with van der Waals surface area (Å²) in [6.45, 7) is 6.72. The molecule has 0 amide bonds. The van der Waals surface area contributed by atoms with Crippen LogP contribution < -0.4 is 9.30 Å². The third-order valence-corrected chi connectivity index (χ3v) is 15.5. The Kier molecular flexibility index (Phi) is 12.4. The van der Waals surface area contributed by atoms with Gasteiger partial charge in [0.05, 0.1) is 33.4 Å². The maximum Gasteiger partial charge on any atom is 0.269 e. The van der Waals surface area contributed by atoms with Gasteiger partial charge in [-0.25, -0.2) is 4.98 Å². The molecule has 0 bridgehead atoms. The van der Waals surface area contributed by atoms with Gasteiger partial charge in [0.15, 0.2) is 0 Å². The molecule has 0 aliphatic carbocycles. The van der Waals surface area contributed by atoms with Crippen molar-refractivity contribution in [3.05, 3.63) is 297 Å². The highest BCUT2D eigenvalue weighted by Crippen LogP contribution is 2.42. The van der Waals surface area contributed by atoms with Gasteiger partial charge < -0.3 is 4.74 Å². The van der Waals surface area contributed by atoms with E-state index in [4.69, 9.17) is 9.72 Å². The predicted octanol–water partition coefficient (Wildman–Crippen LogP) is 19.3. The van der Waals surface area contributed by atoms with Crippen molar-refractivity contribution in [1.82, 2.24) is 14.1 Å². The summed E-state index contributed by atoms with van der Waals surface area (Å²) in [6, 6.07) is 99.8. The summed E-state index contributed by atoms with van der Waals surface area (Å²) in [5.74, 6) is 2.31. The van der Waals surface area contributed by atoms with Gasteiger partial charge in [0.1, 0.15) is 17.3 Å². The molecule has 0 N–H and O–H groups in total. The fourth-order valence-corrected chi connectivity index (χ4v) is 11.5. The monoisotopic (exact) mass is 1040 g/mol. The fraction of sp³-hybridized carbons (Fsp3) is 0.0526. The average molecular weight is 1040 g/mol. The highest BCUT2D eigenvalue weighted by molar-refractivity contribution is 6.09. The van der Waals surface area contributed by atoms with E-state index >= 15 is 0 Å². The Morgan fingerprint density at radius 3 is 1.43 bits per heavy atom. The minimum Gasteiger partial charge on any atom is -0.458 e. The van der Waals surface area contributed by atoms with Crippen LogP contribution in [0.5, 0.6) is 11.5 Å². The van der Waals surface area contributed by atoms with Crippen molar-refractivity contribution < 1.29 is 9.30 Å². The first-order chi connectivity index (χ1) is 39.8. The minimum atomic E-state index is -0.0364. The number of para-hydroxylation sites is 4. The number of nitrogens with zero attached hydrogens (tertiary/aromatic N) is 4. The Labute approximate surface area is 472 Å². The Morgan fingerprint density at radius 1 is 0.383 bits per heavy atom. The summed E-state index contributed by atoms with van der Waals surface area (Å²) in [6.07, 6.45) is 5.89. The van der Waals surface area contributed by atoms with Gasteiger partial charge in [-0.15, -0.1) is 0 Å². The van der Waals surface area contributed by atoms with E-state index in [0.717, 1.165) is 123 Å². The molecule has 3 aromatic heterocycles. The zero-order chi connectivity index (χ0) is 54.4. The maximum atomic E-state index is 6.89. The lowest BCUT2D eigenvalue weighted by Crippen LogP contribution is -2.31. The molecule has 0 saturated heterocycles. The summed E-state index contributed by atoms with van der Waals surface area (Å²) in [5, 5.41) is 2.30. The molecule has 5 heteroatoms. The molecular formula is C76H56N4O. The third kappa shape index (κ3) is 9.35. The molecule has 0 aliphatic rings. The highest BCUT2D eigenvalue weighted by Gasteiger charge is 2.23. The molecule has 0 saturated carbocycles. The van der Waals surface area contributed by atoms with E-state index in [2.05, 4.69) is 314 Å². The third-order valence-electron chi connectivity index (χ3n) is 15.5. The highest BCUT2D eigenvalue weighted by atomic mass is 16.5. The molecule has 0 spiro atoms. The number of rotatable bonds is 11. The number of benzene rings is 11. The molecule has 0 unspecified atom stereocenters. The molecule has 3 heterocycles. The Morgan fingerprint density at radius 2 is 0.864 bits per heavy atom. The van der Waals surface area contributed by atoms with Crippen LogP contribution in [-0.4, -0.2) is 14.1 Å². The van der Waals surface area contributed by atoms with Crippen LogP contribution in [0.15, 0.2) is 285 Å². The molecule has 0 atom stereocenters. The minimum absolute atomic E-state index is 0.0364. The van der Waals surface area contributed by atoms with Crippen LogP contribution >= 0.6 is 0 Å². The van der Waals surface area contributed by atoms with Crippen LogP contribution in [0.4, 0.5) is 0 Å². The van der Waals surface area contributed by atoms with Gasteiger partial charge in [-0.2, -0.15) is 0 Å². The maximum absolute atomic E-state index is 6.89. The molecule has 0 aliphatic heterocycles. The zero-order valence-corrected chi connectivity index (χ0v) is 45.3. The molecule has 5 nitrogen and oxygen atoms in total. The zero-order valence-electron chi connectivity index (χ0n) is 45.3. The first kappa shape index (κ1) is 49.0. The van der Waals surface area contributed by atoms with Gasteiger partial charge >= 0.3 is 0 Å². The quantitative estimate of drug-likeness (QED) is 0.0956. The van der Waals surface area contributed by atoms with Crippen LogP contribution in [-0.2, 0) is 5.41 Å². The second-order valence-corrected chi connectivity index (χ2v) is 21.8. The van der Waals surface area contributed by atoms with E-state index in [1.165, 1.54) is 5.56 Å². The van der Waals surface area contributed by atoms with Crippen molar-refractivity contribution in [3.63, 3.8) is 0 Å². The van der Waals surface area contributed by atoms with E-state index in [-0.39, 0.29) is 5.41 Å². The van der Waals surface area contributed by atoms with Crippen molar-refractivity contribution in [3.8, 4) is 95.5 Å². The lowest BCUT2D eigenvalue weighted by Gasteiger charge is -2.20. The molecular weight excluding hydrogens is 985 g/mol. The predicted molar refractivity (Wildman–Crippen MR) is 334 cm³/mol.